The van der Waals surface area contributed by atoms with Crippen molar-refractivity contribution in [3.63, 3.8) is 0 Å². The number of benzene rings is 1. The number of carbonyl (C=O) groups is 1. The van der Waals surface area contributed by atoms with Gasteiger partial charge in [0, 0.05) is 24.7 Å². The Labute approximate surface area is 82.5 Å². The van der Waals surface area contributed by atoms with Crippen molar-refractivity contribution in [2.75, 3.05) is 11.9 Å². The van der Waals surface area contributed by atoms with Gasteiger partial charge >= 0.3 is 0 Å². The van der Waals surface area contributed by atoms with Crippen LogP contribution in [0.1, 0.15) is 23.6 Å². The maximum atomic E-state index is 11.1. The standard InChI is InChI=1S/C11H12N2O/c14-11-4-2-7-5-8(10-6-12-10)1-3-9(7)13-11/h1,3,5,10,12H,2,4,6H2,(H,13,14). The lowest BCUT2D eigenvalue weighted by atomic mass is 9.99. The van der Waals surface area contributed by atoms with E-state index in [0.717, 1.165) is 18.7 Å². The van der Waals surface area contributed by atoms with Crippen LogP contribution < -0.4 is 10.6 Å². The highest BCUT2D eigenvalue weighted by molar-refractivity contribution is 5.93. The minimum atomic E-state index is 0.134. The lowest BCUT2D eigenvalue weighted by molar-refractivity contribution is -0.116. The minimum Gasteiger partial charge on any atom is -0.326 e. The van der Waals surface area contributed by atoms with Crippen LogP contribution in [0.5, 0.6) is 0 Å². The topological polar surface area (TPSA) is 51.0 Å². The van der Waals surface area contributed by atoms with Crippen molar-refractivity contribution in [2.24, 2.45) is 0 Å². The van der Waals surface area contributed by atoms with Gasteiger partial charge in [-0.1, -0.05) is 12.1 Å². The fourth-order valence-corrected chi connectivity index (χ4v) is 1.91. The van der Waals surface area contributed by atoms with Gasteiger partial charge in [0.25, 0.3) is 0 Å². The number of anilines is 1. The quantitative estimate of drug-likeness (QED) is 0.651. The number of hydrogen-bond acceptors (Lipinski definition) is 2. The van der Waals surface area contributed by atoms with E-state index in [-0.39, 0.29) is 5.91 Å². The van der Waals surface area contributed by atoms with Crippen LogP contribution in [0.3, 0.4) is 0 Å². The van der Waals surface area contributed by atoms with Crippen LogP contribution in [-0.4, -0.2) is 12.5 Å². The second-order valence-corrected chi connectivity index (χ2v) is 3.93. The molecule has 72 valence electrons. The highest BCUT2D eigenvalue weighted by Gasteiger charge is 2.24. The summed E-state index contributed by atoms with van der Waals surface area (Å²) in [7, 11) is 0. The molecule has 1 fully saturated rings. The molecule has 1 saturated heterocycles. The first-order valence-electron chi connectivity index (χ1n) is 4.99. The van der Waals surface area contributed by atoms with Crippen LogP contribution in [0.15, 0.2) is 18.2 Å². The first-order valence-corrected chi connectivity index (χ1v) is 4.99. The molecule has 1 atom stereocenters. The molecule has 2 aliphatic heterocycles. The zero-order chi connectivity index (χ0) is 9.54. The van der Waals surface area contributed by atoms with Crippen molar-refractivity contribution < 1.29 is 4.79 Å². The van der Waals surface area contributed by atoms with E-state index in [1.165, 1.54) is 11.1 Å². The van der Waals surface area contributed by atoms with Crippen LogP contribution in [0.25, 0.3) is 0 Å². The molecule has 1 unspecified atom stereocenters. The monoisotopic (exact) mass is 188 g/mol. The van der Waals surface area contributed by atoms with E-state index in [2.05, 4.69) is 22.8 Å². The Morgan fingerprint density at radius 1 is 1.29 bits per heavy atom. The van der Waals surface area contributed by atoms with Gasteiger partial charge in [-0.25, -0.2) is 0 Å². The maximum absolute atomic E-state index is 11.1. The summed E-state index contributed by atoms with van der Waals surface area (Å²) in [5.74, 6) is 0.134. The Balaban J connectivity index is 1.97. The van der Waals surface area contributed by atoms with E-state index >= 15 is 0 Å². The molecule has 1 aromatic rings. The van der Waals surface area contributed by atoms with Gasteiger partial charge in [-0.2, -0.15) is 0 Å². The first kappa shape index (κ1) is 8.00. The Hall–Kier alpha value is -1.35. The predicted octanol–water partition coefficient (Wildman–Crippen LogP) is 1.22. The van der Waals surface area contributed by atoms with Crippen LogP contribution >= 0.6 is 0 Å². The molecule has 0 radical (unpaired) electrons. The zero-order valence-electron chi connectivity index (χ0n) is 7.84. The van der Waals surface area contributed by atoms with Crippen molar-refractivity contribution in [1.82, 2.24) is 5.32 Å². The largest absolute Gasteiger partial charge is 0.326 e. The van der Waals surface area contributed by atoms with E-state index in [1.54, 1.807) is 0 Å². The lowest BCUT2D eigenvalue weighted by Gasteiger charge is -2.17. The number of aryl methyl sites for hydroxylation is 1. The van der Waals surface area contributed by atoms with Crippen molar-refractivity contribution in [1.29, 1.82) is 0 Å². The molecule has 0 bridgehead atoms. The number of carbonyl (C=O) groups excluding carboxylic acids is 1. The first-order chi connectivity index (χ1) is 6.83. The Morgan fingerprint density at radius 3 is 2.93 bits per heavy atom. The molecule has 14 heavy (non-hydrogen) atoms. The van der Waals surface area contributed by atoms with Crippen molar-refractivity contribution in [3.8, 4) is 0 Å². The van der Waals surface area contributed by atoms with Crippen LogP contribution in [-0.2, 0) is 11.2 Å². The number of rotatable bonds is 1. The third-order valence-electron chi connectivity index (χ3n) is 2.84. The fraction of sp³-hybridized carbons (Fsp3) is 0.364. The second-order valence-electron chi connectivity index (χ2n) is 3.93. The van der Waals surface area contributed by atoms with Crippen molar-refractivity contribution in [3.05, 3.63) is 29.3 Å². The van der Waals surface area contributed by atoms with Crippen LogP contribution in [0, 0.1) is 0 Å². The summed E-state index contributed by atoms with van der Waals surface area (Å²) >= 11 is 0. The van der Waals surface area contributed by atoms with Crippen LogP contribution in [0.2, 0.25) is 0 Å². The second kappa shape index (κ2) is 2.82. The van der Waals surface area contributed by atoms with Gasteiger partial charge in [-0.15, -0.1) is 0 Å². The lowest BCUT2D eigenvalue weighted by Crippen LogP contribution is -2.18. The van der Waals surface area contributed by atoms with Crippen molar-refractivity contribution in [2.45, 2.75) is 18.9 Å². The number of amides is 1. The molecule has 3 heteroatoms. The summed E-state index contributed by atoms with van der Waals surface area (Å²) in [4.78, 5) is 11.1. The molecule has 3 nitrogen and oxygen atoms in total. The van der Waals surface area contributed by atoms with Gasteiger partial charge in [-0.3, -0.25) is 4.79 Å². The molecule has 2 heterocycles. The molecule has 0 spiro atoms. The highest BCUT2D eigenvalue weighted by atomic mass is 16.1. The molecule has 0 aromatic heterocycles. The number of fused-ring (bicyclic) bond motifs is 1. The van der Waals surface area contributed by atoms with Crippen molar-refractivity contribution >= 4 is 11.6 Å². The van der Waals surface area contributed by atoms with Gasteiger partial charge < -0.3 is 10.6 Å². The Kier molecular flexibility index (Phi) is 1.61. The molecule has 1 aromatic carbocycles. The molecule has 0 saturated carbocycles. The smallest absolute Gasteiger partial charge is 0.224 e. The average molecular weight is 188 g/mol. The predicted molar refractivity (Wildman–Crippen MR) is 54.1 cm³/mol. The summed E-state index contributed by atoms with van der Waals surface area (Å²) in [5.41, 5.74) is 3.61. The molecule has 2 aliphatic rings. The minimum absolute atomic E-state index is 0.134. The summed E-state index contributed by atoms with van der Waals surface area (Å²) in [5, 5.41) is 6.17. The van der Waals surface area contributed by atoms with E-state index in [9.17, 15) is 4.79 Å². The van der Waals surface area contributed by atoms with Gasteiger partial charge in [0.05, 0.1) is 0 Å². The molecule has 2 N–H and O–H groups in total. The molecule has 1 amide bonds. The normalized spacial score (nSPS) is 24.0. The molecular formula is C11H12N2O. The molecular weight excluding hydrogens is 176 g/mol. The highest BCUT2D eigenvalue weighted by Crippen LogP contribution is 2.28. The van der Waals surface area contributed by atoms with E-state index < -0.39 is 0 Å². The fourth-order valence-electron chi connectivity index (χ4n) is 1.91. The maximum Gasteiger partial charge on any atom is 0.224 e. The number of hydrogen-bond donors (Lipinski definition) is 2. The van der Waals surface area contributed by atoms with Gasteiger partial charge in [0.15, 0.2) is 0 Å². The number of nitrogens with one attached hydrogen (secondary N) is 2. The molecule has 3 rings (SSSR count). The third kappa shape index (κ3) is 1.30. The average Bonchev–Trinajstić information content (AvgIpc) is 3.00. The third-order valence-corrected chi connectivity index (χ3v) is 2.84. The summed E-state index contributed by atoms with van der Waals surface area (Å²) in [6.45, 7) is 1.09. The molecule has 0 aliphatic carbocycles. The Morgan fingerprint density at radius 2 is 2.14 bits per heavy atom. The van der Waals surface area contributed by atoms with Gasteiger partial charge in [-0.05, 0) is 23.6 Å². The Bertz CT molecular complexity index is 396. The van der Waals surface area contributed by atoms with E-state index in [1.807, 2.05) is 6.07 Å². The SMILES string of the molecule is O=C1CCc2cc(C3CN3)ccc2N1. The summed E-state index contributed by atoms with van der Waals surface area (Å²) in [6, 6.07) is 6.87. The van der Waals surface area contributed by atoms with E-state index in [0.29, 0.717) is 12.5 Å². The van der Waals surface area contributed by atoms with Crippen LogP contribution in [0.4, 0.5) is 5.69 Å². The van der Waals surface area contributed by atoms with E-state index in [4.69, 9.17) is 0 Å². The zero-order valence-corrected chi connectivity index (χ0v) is 7.84. The van der Waals surface area contributed by atoms with Gasteiger partial charge in [0.1, 0.15) is 0 Å². The summed E-state index contributed by atoms with van der Waals surface area (Å²) in [6.07, 6.45) is 1.50. The van der Waals surface area contributed by atoms with Gasteiger partial charge in [0.2, 0.25) is 5.91 Å². The summed E-state index contributed by atoms with van der Waals surface area (Å²) < 4.78 is 0.